The molecule has 1 fully saturated rings. The Bertz CT molecular complexity index is 1630. The second kappa shape index (κ2) is 9.77. The molecule has 6 rings (SSSR count). The topological polar surface area (TPSA) is 88.5 Å². The molecule has 2 atom stereocenters. The highest BCUT2D eigenvalue weighted by atomic mass is 19.1. The van der Waals surface area contributed by atoms with E-state index in [1.807, 2.05) is 22.8 Å². The number of nitrogens with one attached hydrogen (secondary N) is 2. The Morgan fingerprint density at radius 2 is 1.87 bits per heavy atom. The molecule has 1 aliphatic carbocycles. The average Bonchev–Trinajstić information content (AvgIpc) is 3.58. The molecule has 5 aromatic rings. The number of hydrogen-bond donors (Lipinski definition) is 2. The molecule has 1 saturated carbocycles. The summed E-state index contributed by atoms with van der Waals surface area (Å²) in [5.41, 5.74) is 2.34. The quantitative estimate of drug-likeness (QED) is 0.308. The largest absolute Gasteiger partial charge is 0.349 e. The van der Waals surface area contributed by atoms with E-state index in [9.17, 15) is 18.0 Å². The molecule has 0 bridgehead atoms. The van der Waals surface area contributed by atoms with Crippen molar-refractivity contribution < 1.29 is 18.0 Å². The lowest BCUT2D eigenvalue weighted by atomic mass is 9.90. The molecular formula is C28H23F3N6O. The van der Waals surface area contributed by atoms with Crippen LogP contribution in [-0.2, 0) is 0 Å². The molecule has 192 valence electrons. The molecule has 3 aromatic carbocycles. The van der Waals surface area contributed by atoms with E-state index in [-0.39, 0.29) is 23.5 Å². The van der Waals surface area contributed by atoms with Crippen molar-refractivity contribution in [1.82, 2.24) is 30.0 Å². The molecule has 0 spiro atoms. The first-order chi connectivity index (χ1) is 18.5. The molecule has 0 radical (unpaired) electrons. The molecule has 38 heavy (non-hydrogen) atoms. The van der Waals surface area contributed by atoms with Crippen molar-refractivity contribution in [2.24, 2.45) is 0 Å². The number of imidazole rings is 1. The van der Waals surface area contributed by atoms with Gasteiger partial charge in [-0.25, -0.2) is 23.1 Å². The van der Waals surface area contributed by atoms with Crippen molar-refractivity contribution in [3.8, 4) is 22.8 Å². The number of rotatable bonds is 5. The average molecular weight is 517 g/mol. The highest BCUT2D eigenvalue weighted by Crippen LogP contribution is 2.38. The first-order valence-electron chi connectivity index (χ1n) is 12.4. The lowest BCUT2D eigenvalue weighted by Crippen LogP contribution is -2.39. The van der Waals surface area contributed by atoms with Crippen LogP contribution in [0.15, 0.2) is 67.0 Å². The minimum absolute atomic E-state index is 0.129. The molecule has 0 saturated heterocycles. The Morgan fingerprint density at radius 3 is 2.68 bits per heavy atom. The van der Waals surface area contributed by atoms with Crippen molar-refractivity contribution >= 4 is 16.9 Å². The van der Waals surface area contributed by atoms with E-state index in [4.69, 9.17) is 4.98 Å². The summed E-state index contributed by atoms with van der Waals surface area (Å²) in [6.45, 7) is 0. The number of benzene rings is 3. The zero-order valence-electron chi connectivity index (χ0n) is 20.2. The minimum Gasteiger partial charge on any atom is -0.349 e. The van der Waals surface area contributed by atoms with Gasteiger partial charge in [0.25, 0.3) is 5.91 Å². The first-order valence-corrected chi connectivity index (χ1v) is 12.4. The van der Waals surface area contributed by atoms with Crippen LogP contribution in [0, 0.1) is 17.5 Å². The van der Waals surface area contributed by atoms with Crippen LogP contribution in [-0.4, -0.2) is 36.7 Å². The van der Waals surface area contributed by atoms with Crippen molar-refractivity contribution in [2.75, 3.05) is 0 Å². The molecule has 2 unspecified atom stereocenters. The molecule has 2 N–H and O–H groups in total. The number of hydrogen-bond acceptors (Lipinski definition) is 4. The fourth-order valence-electron chi connectivity index (χ4n) is 5.25. The summed E-state index contributed by atoms with van der Waals surface area (Å²) in [5.74, 6) is -1.43. The Morgan fingerprint density at radius 1 is 1.00 bits per heavy atom. The fraction of sp³-hybridized carbons (Fsp3) is 0.214. The van der Waals surface area contributed by atoms with Crippen LogP contribution in [0.1, 0.15) is 42.1 Å². The van der Waals surface area contributed by atoms with Gasteiger partial charge in [-0.3, -0.25) is 9.89 Å². The fourth-order valence-corrected chi connectivity index (χ4v) is 5.25. The lowest BCUT2D eigenvalue weighted by molar-refractivity contribution is 0.0916. The number of H-pyrrole nitrogens is 1. The second-order valence-corrected chi connectivity index (χ2v) is 9.44. The molecule has 1 aliphatic rings. The molecule has 2 heterocycles. The van der Waals surface area contributed by atoms with Crippen LogP contribution in [0.3, 0.4) is 0 Å². The standard InChI is InChI=1S/C28H23F3N6O/c29-17-9-10-23(31)21(13-17)28(38)34-18-4-3-5-19(14-18)37-25-12-16(26-32-15-33-36-26)8-11-24(25)35-27(37)20-6-1-2-7-22(20)30/h1-2,6-13,15,18-19H,3-5,14H2,(H,34,38)(H,32,33,36). The highest BCUT2D eigenvalue weighted by Gasteiger charge is 2.29. The molecule has 10 heteroatoms. The molecular weight excluding hydrogens is 493 g/mol. The van der Waals surface area contributed by atoms with Gasteiger partial charge in [-0.2, -0.15) is 5.10 Å². The van der Waals surface area contributed by atoms with Crippen LogP contribution in [0.25, 0.3) is 33.8 Å². The number of aromatic nitrogens is 5. The maximum atomic E-state index is 15.0. The number of fused-ring (bicyclic) bond motifs is 1. The zero-order chi connectivity index (χ0) is 26.2. The van der Waals surface area contributed by atoms with Crippen LogP contribution >= 0.6 is 0 Å². The van der Waals surface area contributed by atoms with E-state index in [0.29, 0.717) is 35.6 Å². The van der Waals surface area contributed by atoms with Crippen molar-refractivity contribution in [3.05, 3.63) is 90.0 Å². The van der Waals surface area contributed by atoms with Gasteiger partial charge in [-0.05, 0) is 74.2 Å². The number of amides is 1. The Hall–Kier alpha value is -4.47. The van der Waals surface area contributed by atoms with E-state index >= 15 is 0 Å². The second-order valence-electron chi connectivity index (χ2n) is 9.44. The number of carbonyl (C=O) groups excluding carboxylic acids is 1. The van der Waals surface area contributed by atoms with Gasteiger partial charge >= 0.3 is 0 Å². The molecule has 2 aromatic heterocycles. The zero-order valence-corrected chi connectivity index (χ0v) is 20.2. The summed E-state index contributed by atoms with van der Waals surface area (Å²) >= 11 is 0. The smallest absolute Gasteiger partial charge is 0.254 e. The van der Waals surface area contributed by atoms with Crippen LogP contribution < -0.4 is 5.32 Å². The first kappa shape index (κ1) is 23.9. The third-order valence-corrected chi connectivity index (χ3v) is 7.01. The van der Waals surface area contributed by atoms with Crippen LogP contribution in [0.4, 0.5) is 13.2 Å². The van der Waals surface area contributed by atoms with Gasteiger partial charge in [-0.15, -0.1) is 0 Å². The molecule has 0 aliphatic heterocycles. The van der Waals surface area contributed by atoms with Gasteiger partial charge < -0.3 is 9.88 Å². The van der Waals surface area contributed by atoms with Crippen molar-refractivity contribution in [3.63, 3.8) is 0 Å². The number of halogens is 3. The van der Waals surface area contributed by atoms with Gasteiger partial charge in [0, 0.05) is 17.6 Å². The summed E-state index contributed by atoms with van der Waals surface area (Å²) in [6, 6.07) is 14.6. The van der Waals surface area contributed by atoms with Gasteiger partial charge in [-0.1, -0.05) is 12.1 Å². The number of nitrogens with zero attached hydrogens (tertiary/aromatic N) is 4. The van der Waals surface area contributed by atoms with E-state index in [1.54, 1.807) is 18.2 Å². The van der Waals surface area contributed by atoms with Gasteiger partial charge in [0.1, 0.15) is 29.6 Å². The Kier molecular flexibility index (Phi) is 6.15. The summed E-state index contributed by atoms with van der Waals surface area (Å²) in [5, 5.41) is 9.66. The van der Waals surface area contributed by atoms with Crippen LogP contribution in [0.5, 0.6) is 0 Å². The Balaban J connectivity index is 1.39. The van der Waals surface area contributed by atoms with Gasteiger partial charge in [0.15, 0.2) is 5.82 Å². The summed E-state index contributed by atoms with van der Waals surface area (Å²) < 4.78 is 44.8. The van der Waals surface area contributed by atoms with E-state index in [0.717, 1.165) is 42.1 Å². The maximum absolute atomic E-state index is 15.0. The predicted octanol–water partition coefficient (Wildman–Crippen LogP) is 5.82. The van der Waals surface area contributed by atoms with E-state index < -0.39 is 17.5 Å². The highest BCUT2D eigenvalue weighted by molar-refractivity contribution is 5.94. The number of aromatic amines is 1. The summed E-state index contributed by atoms with van der Waals surface area (Å²) in [6.07, 6.45) is 4.18. The third kappa shape index (κ3) is 4.42. The number of carbonyl (C=O) groups is 1. The molecule has 7 nitrogen and oxygen atoms in total. The van der Waals surface area contributed by atoms with Gasteiger partial charge in [0.05, 0.1) is 22.2 Å². The maximum Gasteiger partial charge on any atom is 0.254 e. The minimum atomic E-state index is -0.779. The predicted molar refractivity (Wildman–Crippen MR) is 136 cm³/mol. The third-order valence-electron chi connectivity index (χ3n) is 7.01. The monoisotopic (exact) mass is 516 g/mol. The van der Waals surface area contributed by atoms with Gasteiger partial charge in [0.2, 0.25) is 0 Å². The Labute approximate surface area is 215 Å². The van der Waals surface area contributed by atoms with E-state index in [1.165, 1.54) is 12.4 Å². The SMILES string of the molecule is O=C(NC1CCCC(n2c(-c3ccccc3F)nc3ccc(-c4ncn[nH]4)cc32)C1)c1cc(F)ccc1F. The lowest BCUT2D eigenvalue weighted by Gasteiger charge is -2.32. The van der Waals surface area contributed by atoms with Crippen molar-refractivity contribution in [2.45, 2.75) is 37.8 Å². The van der Waals surface area contributed by atoms with E-state index in [2.05, 4.69) is 20.5 Å². The van der Waals surface area contributed by atoms with Crippen molar-refractivity contribution in [1.29, 1.82) is 0 Å². The normalized spacial score (nSPS) is 17.6. The van der Waals surface area contributed by atoms with Crippen LogP contribution in [0.2, 0.25) is 0 Å². The molecule has 1 amide bonds. The summed E-state index contributed by atoms with van der Waals surface area (Å²) in [4.78, 5) is 21.8. The summed E-state index contributed by atoms with van der Waals surface area (Å²) in [7, 11) is 0.